The molecule has 3 aromatic rings. The van der Waals surface area contributed by atoms with Crippen LogP contribution in [-0.4, -0.2) is 15.6 Å². The normalized spacial score (nSPS) is 19.3. The lowest BCUT2D eigenvalue weighted by Crippen LogP contribution is -2.33. The predicted octanol–water partition coefficient (Wildman–Crippen LogP) is 6.22. The summed E-state index contributed by atoms with van der Waals surface area (Å²) in [5.74, 6) is 0.776. The highest BCUT2D eigenvalue weighted by atomic mass is 79.9. The zero-order valence-electron chi connectivity index (χ0n) is 17.1. The minimum atomic E-state index is -0.541. The van der Waals surface area contributed by atoms with Crippen LogP contribution < -0.4 is 4.74 Å². The molecule has 2 heterocycles. The number of hydrogen-bond acceptors (Lipinski definition) is 5. The van der Waals surface area contributed by atoms with E-state index >= 15 is 0 Å². The standard InChI is InChI=1S/C24H20BrN3O3/c1-14-6-7-15(2)19(10-14)21-13-22-20-12-17(25)8-9-23(20)31-24(27(22)26-21)16-4-3-5-18(11-16)28(29)30/h3-12,22,24H,13H2,1-2H3/t22-,24+/m0/s1. The average molecular weight is 478 g/mol. The topological polar surface area (TPSA) is 68.0 Å². The van der Waals surface area contributed by atoms with Gasteiger partial charge in [-0.05, 0) is 43.7 Å². The molecule has 31 heavy (non-hydrogen) atoms. The maximum atomic E-state index is 11.3. The Bertz CT molecular complexity index is 1240. The first-order valence-electron chi connectivity index (χ1n) is 10.0. The Morgan fingerprint density at radius 2 is 1.97 bits per heavy atom. The summed E-state index contributed by atoms with van der Waals surface area (Å²) in [6.07, 6.45) is 0.198. The van der Waals surface area contributed by atoms with Gasteiger partial charge in [-0.15, -0.1) is 0 Å². The fraction of sp³-hybridized carbons (Fsp3) is 0.208. The van der Waals surface area contributed by atoms with Gasteiger partial charge in [0, 0.05) is 39.7 Å². The molecule has 7 heteroatoms. The van der Waals surface area contributed by atoms with Gasteiger partial charge in [-0.1, -0.05) is 45.8 Å². The molecule has 0 amide bonds. The molecule has 0 aliphatic carbocycles. The van der Waals surface area contributed by atoms with Gasteiger partial charge >= 0.3 is 0 Å². The minimum Gasteiger partial charge on any atom is -0.464 e. The molecule has 2 aliphatic rings. The number of nitro benzene ring substituents is 1. The predicted molar refractivity (Wildman–Crippen MR) is 122 cm³/mol. The van der Waals surface area contributed by atoms with Crippen LogP contribution in [0.5, 0.6) is 5.75 Å². The maximum absolute atomic E-state index is 11.3. The van der Waals surface area contributed by atoms with Gasteiger partial charge in [-0.3, -0.25) is 10.1 Å². The van der Waals surface area contributed by atoms with Crippen LogP contribution in [0.15, 0.2) is 70.2 Å². The number of halogens is 1. The van der Waals surface area contributed by atoms with Gasteiger partial charge in [0.1, 0.15) is 5.75 Å². The van der Waals surface area contributed by atoms with E-state index in [2.05, 4.69) is 54.0 Å². The zero-order chi connectivity index (χ0) is 21.7. The Balaban J connectivity index is 1.63. The van der Waals surface area contributed by atoms with Crippen LogP contribution >= 0.6 is 15.9 Å². The van der Waals surface area contributed by atoms with Gasteiger partial charge in [0.25, 0.3) is 5.69 Å². The second-order valence-electron chi connectivity index (χ2n) is 7.97. The minimum absolute atomic E-state index is 0.0135. The molecule has 5 rings (SSSR count). The number of benzene rings is 3. The third kappa shape index (κ3) is 3.49. The molecule has 0 saturated carbocycles. The van der Waals surface area contributed by atoms with Crippen molar-refractivity contribution in [2.75, 3.05) is 0 Å². The van der Waals surface area contributed by atoms with E-state index in [9.17, 15) is 10.1 Å². The first-order valence-corrected chi connectivity index (χ1v) is 10.8. The van der Waals surface area contributed by atoms with Crippen molar-refractivity contribution in [2.24, 2.45) is 5.10 Å². The molecule has 2 atom stereocenters. The summed E-state index contributed by atoms with van der Waals surface area (Å²) in [5, 5.41) is 18.3. The SMILES string of the molecule is Cc1ccc(C)c(C2=NN3[C@@H](c4cccc([N+](=O)[O-])c4)Oc4ccc(Br)cc4[C@@H]3C2)c1. The van der Waals surface area contributed by atoms with Crippen LogP contribution in [0, 0.1) is 24.0 Å². The summed E-state index contributed by atoms with van der Waals surface area (Å²) >= 11 is 3.57. The molecule has 0 unspecified atom stereocenters. The Labute approximate surface area is 188 Å². The third-order valence-corrected chi connectivity index (χ3v) is 6.32. The Kier molecular flexibility index (Phi) is 4.78. The fourth-order valence-electron chi connectivity index (χ4n) is 4.28. The van der Waals surface area contributed by atoms with Crippen molar-refractivity contribution in [3.8, 4) is 5.75 Å². The summed E-state index contributed by atoms with van der Waals surface area (Å²) in [7, 11) is 0. The number of nitrogens with zero attached hydrogens (tertiary/aromatic N) is 3. The van der Waals surface area contributed by atoms with Crippen molar-refractivity contribution in [1.29, 1.82) is 0 Å². The molecule has 6 nitrogen and oxygen atoms in total. The molecule has 0 N–H and O–H groups in total. The van der Waals surface area contributed by atoms with Crippen molar-refractivity contribution < 1.29 is 9.66 Å². The molecule has 156 valence electrons. The van der Waals surface area contributed by atoms with E-state index in [4.69, 9.17) is 9.84 Å². The molecule has 0 saturated heterocycles. The van der Waals surface area contributed by atoms with Crippen molar-refractivity contribution in [3.63, 3.8) is 0 Å². The van der Waals surface area contributed by atoms with Crippen LogP contribution in [0.1, 0.15) is 46.5 Å². The highest BCUT2D eigenvalue weighted by molar-refractivity contribution is 9.10. The Morgan fingerprint density at radius 1 is 1.13 bits per heavy atom. The fourth-order valence-corrected chi connectivity index (χ4v) is 4.66. The van der Waals surface area contributed by atoms with Crippen LogP contribution in [0.3, 0.4) is 0 Å². The smallest absolute Gasteiger partial charge is 0.269 e. The Hall–Kier alpha value is -3.19. The van der Waals surface area contributed by atoms with E-state index in [0.717, 1.165) is 33.5 Å². The summed E-state index contributed by atoms with van der Waals surface area (Å²) in [4.78, 5) is 10.9. The van der Waals surface area contributed by atoms with Gasteiger partial charge in [-0.2, -0.15) is 5.10 Å². The van der Waals surface area contributed by atoms with Gasteiger partial charge in [-0.25, -0.2) is 5.01 Å². The largest absolute Gasteiger partial charge is 0.464 e. The summed E-state index contributed by atoms with van der Waals surface area (Å²) in [6.45, 7) is 4.17. The number of rotatable bonds is 3. The van der Waals surface area contributed by atoms with E-state index in [1.54, 1.807) is 12.1 Å². The molecule has 0 fully saturated rings. The molecular formula is C24H20BrN3O3. The van der Waals surface area contributed by atoms with Crippen molar-refractivity contribution in [2.45, 2.75) is 32.5 Å². The quantitative estimate of drug-likeness (QED) is 0.331. The molecule has 2 aliphatic heterocycles. The van der Waals surface area contributed by atoms with Crippen molar-refractivity contribution in [1.82, 2.24) is 5.01 Å². The first-order chi connectivity index (χ1) is 14.9. The highest BCUT2D eigenvalue weighted by Gasteiger charge is 2.41. The van der Waals surface area contributed by atoms with Gasteiger partial charge in [0.15, 0.2) is 0 Å². The number of aryl methyl sites for hydroxylation is 2. The number of ether oxygens (including phenoxy) is 1. The summed E-state index contributed by atoms with van der Waals surface area (Å²) < 4.78 is 7.31. The molecule has 0 radical (unpaired) electrons. The molecule has 0 spiro atoms. The number of non-ortho nitro benzene ring substituents is 1. The summed E-state index contributed by atoms with van der Waals surface area (Å²) in [6, 6.07) is 18.9. The van der Waals surface area contributed by atoms with Crippen LogP contribution in [0.2, 0.25) is 0 Å². The summed E-state index contributed by atoms with van der Waals surface area (Å²) in [5.41, 5.74) is 6.28. The average Bonchev–Trinajstić information content (AvgIpc) is 3.20. The number of nitro groups is 1. The van der Waals surface area contributed by atoms with E-state index < -0.39 is 6.23 Å². The molecular weight excluding hydrogens is 458 g/mol. The monoisotopic (exact) mass is 477 g/mol. The second kappa shape index (κ2) is 7.50. The van der Waals surface area contributed by atoms with E-state index in [1.165, 1.54) is 17.2 Å². The first kappa shape index (κ1) is 19.8. The number of hydrazone groups is 1. The Morgan fingerprint density at radius 3 is 2.77 bits per heavy atom. The van der Waals surface area contributed by atoms with Crippen LogP contribution in [0.25, 0.3) is 0 Å². The number of hydrogen-bond donors (Lipinski definition) is 0. The third-order valence-electron chi connectivity index (χ3n) is 5.82. The lowest BCUT2D eigenvalue weighted by Gasteiger charge is -2.38. The van der Waals surface area contributed by atoms with E-state index in [1.807, 2.05) is 23.2 Å². The number of fused-ring (bicyclic) bond motifs is 3. The molecule has 3 aromatic carbocycles. The van der Waals surface area contributed by atoms with Gasteiger partial charge in [0.2, 0.25) is 6.23 Å². The highest BCUT2D eigenvalue weighted by Crippen LogP contribution is 2.48. The van der Waals surface area contributed by atoms with Crippen molar-refractivity contribution in [3.05, 3.63) is 103 Å². The lowest BCUT2D eigenvalue weighted by molar-refractivity contribution is -0.385. The van der Waals surface area contributed by atoms with Crippen LogP contribution in [-0.2, 0) is 0 Å². The maximum Gasteiger partial charge on any atom is 0.269 e. The molecule has 0 aromatic heterocycles. The van der Waals surface area contributed by atoms with E-state index in [-0.39, 0.29) is 16.7 Å². The van der Waals surface area contributed by atoms with Crippen LogP contribution in [0.4, 0.5) is 5.69 Å². The molecule has 0 bridgehead atoms. The lowest BCUT2D eigenvalue weighted by atomic mass is 9.93. The van der Waals surface area contributed by atoms with E-state index in [0.29, 0.717) is 5.56 Å². The van der Waals surface area contributed by atoms with Gasteiger partial charge < -0.3 is 4.74 Å². The van der Waals surface area contributed by atoms with Gasteiger partial charge in [0.05, 0.1) is 16.7 Å². The van der Waals surface area contributed by atoms with Crippen molar-refractivity contribution >= 4 is 27.3 Å². The zero-order valence-corrected chi connectivity index (χ0v) is 18.7. The second-order valence-corrected chi connectivity index (χ2v) is 8.89.